The van der Waals surface area contributed by atoms with Gasteiger partial charge in [-0.15, -0.1) is 0 Å². The summed E-state index contributed by atoms with van der Waals surface area (Å²) >= 11 is 0. The number of amides is 1. The van der Waals surface area contributed by atoms with Gasteiger partial charge in [0, 0.05) is 22.7 Å². The SMILES string of the molecule is CC(C)N(Cc1cc2ccccc2[nH]c1=O)C(=O)c1ccccc1. The number of hydrogen-bond acceptors (Lipinski definition) is 2. The highest BCUT2D eigenvalue weighted by molar-refractivity contribution is 5.94. The number of para-hydroxylation sites is 1. The van der Waals surface area contributed by atoms with Crippen molar-refractivity contribution in [1.29, 1.82) is 0 Å². The van der Waals surface area contributed by atoms with Crippen LogP contribution in [0.3, 0.4) is 0 Å². The Morgan fingerprint density at radius 2 is 1.71 bits per heavy atom. The zero-order chi connectivity index (χ0) is 17.1. The van der Waals surface area contributed by atoms with E-state index in [-0.39, 0.29) is 24.1 Å². The van der Waals surface area contributed by atoms with E-state index in [1.807, 2.05) is 62.4 Å². The Morgan fingerprint density at radius 3 is 2.42 bits per heavy atom. The fraction of sp³-hybridized carbons (Fsp3) is 0.200. The number of hydrogen-bond donors (Lipinski definition) is 1. The van der Waals surface area contributed by atoms with Crippen molar-refractivity contribution in [2.24, 2.45) is 0 Å². The van der Waals surface area contributed by atoms with Gasteiger partial charge in [0.1, 0.15) is 0 Å². The third kappa shape index (κ3) is 3.23. The molecular formula is C20H20N2O2. The summed E-state index contributed by atoms with van der Waals surface area (Å²) in [5.41, 5.74) is 1.87. The number of aromatic amines is 1. The average molecular weight is 320 g/mol. The summed E-state index contributed by atoms with van der Waals surface area (Å²) in [6, 6.07) is 18.6. The first-order valence-electron chi connectivity index (χ1n) is 8.03. The van der Waals surface area contributed by atoms with Crippen LogP contribution in [0.4, 0.5) is 0 Å². The summed E-state index contributed by atoms with van der Waals surface area (Å²) < 4.78 is 0. The lowest BCUT2D eigenvalue weighted by Gasteiger charge is -2.26. The van der Waals surface area contributed by atoms with Gasteiger partial charge in [-0.25, -0.2) is 0 Å². The summed E-state index contributed by atoms with van der Waals surface area (Å²) in [4.78, 5) is 29.7. The fourth-order valence-electron chi connectivity index (χ4n) is 2.73. The Balaban J connectivity index is 1.96. The van der Waals surface area contributed by atoms with E-state index < -0.39 is 0 Å². The standard InChI is InChI=1S/C20H20N2O2/c1-14(2)22(20(24)15-8-4-3-5-9-15)13-17-12-16-10-6-7-11-18(16)21-19(17)23/h3-12,14H,13H2,1-2H3,(H,21,23). The number of H-pyrrole nitrogens is 1. The number of carbonyl (C=O) groups is 1. The first-order valence-corrected chi connectivity index (χ1v) is 8.03. The van der Waals surface area contributed by atoms with Gasteiger partial charge in [-0.05, 0) is 43.5 Å². The van der Waals surface area contributed by atoms with Gasteiger partial charge >= 0.3 is 0 Å². The van der Waals surface area contributed by atoms with Crippen molar-refractivity contribution >= 4 is 16.8 Å². The number of pyridine rings is 1. The van der Waals surface area contributed by atoms with Gasteiger partial charge in [0.15, 0.2) is 0 Å². The molecule has 4 heteroatoms. The lowest BCUT2D eigenvalue weighted by Crippen LogP contribution is -2.38. The van der Waals surface area contributed by atoms with Gasteiger partial charge in [0.2, 0.25) is 0 Å². The zero-order valence-corrected chi connectivity index (χ0v) is 13.8. The van der Waals surface area contributed by atoms with Crippen molar-refractivity contribution in [2.45, 2.75) is 26.4 Å². The molecule has 0 bridgehead atoms. The normalized spacial score (nSPS) is 11.0. The van der Waals surface area contributed by atoms with Crippen molar-refractivity contribution in [1.82, 2.24) is 9.88 Å². The van der Waals surface area contributed by atoms with Crippen LogP contribution in [0.1, 0.15) is 29.8 Å². The number of rotatable bonds is 4. The van der Waals surface area contributed by atoms with E-state index in [4.69, 9.17) is 0 Å². The third-order valence-electron chi connectivity index (χ3n) is 4.08. The predicted molar refractivity (Wildman–Crippen MR) is 96.0 cm³/mol. The first-order chi connectivity index (χ1) is 11.6. The minimum Gasteiger partial charge on any atom is -0.332 e. The molecule has 0 saturated heterocycles. The van der Waals surface area contributed by atoms with E-state index in [1.54, 1.807) is 17.0 Å². The highest BCUT2D eigenvalue weighted by Crippen LogP contribution is 2.15. The molecule has 4 nitrogen and oxygen atoms in total. The van der Waals surface area contributed by atoms with E-state index in [0.29, 0.717) is 11.1 Å². The summed E-state index contributed by atoms with van der Waals surface area (Å²) in [5.74, 6) is -0.0711. The molecule has 0 aliphatic heterocycles. The second-order valence-electron chi connectivity index (χ2n) is 6.10. The number of fused-ring (bicyclic) bond motifs is 1. The van der Waals surface area contributed by atoms with Crippen molar-refractivity contribution in [3.05, 3.63) is 82.1 Å². The molecule has 1 heterocycles. The van der Waals surface area contributed by atoms with E-state index in [1.165, 1.54) is 0 Å². The average Bonchev–Trinajstić information content (AvgIpc) is 2.59. The molecule has 0 aliphatic rings. The smallest absolute Gasteiger partial charge is 0.254 e. The number of benzene rings is 2. The molecule has 0 spiro atoms. The van der Waals surface area contributed by atoms with E-state index in [2.05, 4.69) is 4.98 Å². The van der Waals surface area contributed by atoms with Crippen LogP contribution < -0.4 is 5.56 Å². The van der Waals surface area contributed by atoms with Gasteiger partial charge < -0.3 is 9.88 Å². The highest BCUT2D eigenvalue weighted by atomic mass is 16.2. The first kappa shape index (κ1) is 16.0. The molecule has 122 valence electrons. The topological polar surface area (TPSA) is 53.2 Å². The van der Waals surface area contributed by atoms with Gasteiger partial charge in [0.05, 0.1) is 6.54 Å². The van der Waals surface area contributed by atoms with Crippen molar-refractivity contribution < 1.29 is 4.79 Å². The minimum atomic E-state index is -0.153. The molecule has 24 heavy (non-hydrogen) atoms. The lowest BCUT2D eigenvalue weighted by atomic mass is 10.1. The Bertz CT molecular complexity index is 914. The Labute approximate surface area is 140 Å². The fourth-order valence-corrected chi connectivity index (χ4v) is 2.73. The van der Waals surface area contributed by atoms with Gasteiger partial charge in [0.25, 0.3) is 11.5 Å². The predicted octanol–water partition coefficient (Wildman–Crippen LogP) is 3.58. The van der Waals surface area contributed by atoms with Crippen molar-refractivity contribution in [2.75, 3.05) is 0 Å². The molecule has 0 fully saturated rings. The van der Waals surface area contributed by atoms with Gasteiger partial charge in [-0.1, -0.05) is 36.4 Å². The van der Waals surface area contributed by atoms with Crippen LogP contribution in [0.5, 0.6) is 0 Å². The number of nitrogens with one attached hydrogen (secondary N) is 1. The van der Waals surface area contributed by atoms with Crippen molar-refractivity contribution in [3.8, 4) is 0 Å². The molecular weight excluding hydrogens is 300 g/mol. The van der Waals surface area contributed by atoms with Gasteiger partial charge in [-0.2, -0.15) is 0 Å². The minimum absolute atomic E-state index is 0.0106. The Morgan fingerprint density at radius 1 is 1.04 bits per heavy atom. The molecule has 3 rings (SSSR count). The van der Waals surface area contributed by atoms with Crippen LogP contribution in [-0.2, 0) is 6.54 Å². The van der Waals surface area contributed by atoms with Crippen molar-refractivity contribution in [3.63, 3.8) is 0 Å². The second kappa shape index (κ2) is 6.71. The molecule has 0 radical (unpaired) electrons. The highest BCUT2D eigenvalue weighted by Gasteiger charge is 2.20. The molecule has 0 atom stereocenters. The molecule has 1 N–H and O–H groups in total. The van der Waals surface area contributed by atoms with Gasteiger partial charge in [-0.3, -0.25) is 9.59 Å². The van der Waals surface area contributed by atoms with Crippen LogP contribution >= 0.6 is 0 Å². The van der Waals surface area contributed by atoms with Crippen LogP contribution in [0.25, 0.3) is 10.9 Å². The maximum absolute atomic E-state index is 12.8. The van der Waals surface area contributed by atoms with Crippen LogP contribution in [0.2, 0.25) is 0 Å². The number of aromatic nitrogens is 1. The second-order valence-corrected chi connectivity index (χ2v) is 6.10. The molecule has 2 aromatic carbocycles. The summed E-state index contributed by atoms with van der Waals surface area (Å²) in [6.07, 6.45) is 0. The molecule has 0 aliphatic carbocycles. The van der Waals surface area contributed by atoms with Crippen LogP contribution in [0, 0.1) is 0 Å². The number of nitrogens with zero attached hydrogens (tertiary/aromatic N) is 1. The quantitative estimate of drug-likeness (QED) is 0.799. The monoisotopic (exact) mass is 320 g/mol. The maximum atomic E-state index is 12.8. The maximum Gasteiger partial charge on any atom is 0.254 e. The van der Waals surface area contributed by atoms with E-state index in [0.717, 1.165) is 10.9 Å². The van der Waals surface area contributed by atoms with E-state index in [9.17, 15) is 9.59 Å². The Hall–Kier alpha value is -2.88. The van der Waals surface area contributed by atoms with Crippen LogP contribution in [-0.4, -0.2) is 21.8 Å². The molecule has 0 saturated carbocycles. The summed E-state index contributed by atoms with van der Waals surface area (Å²) in [7, 11) is 0. The summed E-state index contributed by atoms with van der Waals surface area (Å²) in [6.45, 7) is 4.19. The molecule has 1 amide bonds. The molecule has 3 aromatic rings. The Kier molecular flexibility index (Phi) is 4.47. The van der Waals surface area contributed by atoms with E-state index >= 15 is 0 Å². The van der Waals surface area contributed by atoms with Crippen LogP contribution in [0.15, 0.2) is 65.5 Å². The third-order valence-corrected chi connectivity index (χ3v) is 4.08. The zero-order valence-electron chi connectivity index (χ0n) is 13.8. The molecule has 1 aromatic heterocycles. The molecule has 0 unspecified atom stereocenters. The summed E-state index contributed by atoms with van der Waals surface area (Å²) in [5, 5.41) is 0.961. The number of carbonyl (C=O) groups excluding carboxylic acids is 1. The lowest BCUT2D eigenvalue weighted by molar-refractivity contribution is 0.0689. The largest absolute Gasteiger partial charge is 0.332 e.